The van der Waals surface area contributed by atoms with Gasteiger partial charge in [-0.15, -0.1) is 11.8 Å². The Balaban J connectivity index is 1.86. The third kappa shape index (κ3) is 2.30. The van der Waals surface area contributed by atoms with Crippen LogP contribution in [0.4, 0.5) is 0 Å². The van der Waals surface area contributed by atoms with Crippen LogP contribution in [0.25, 0.3) is 0 Å². The number of carbonyl (C=O) groups excluding carboxylic acids is 1. The minimum atomic E-state index is -0.927. The minimum absolute atomic E-state index is 0.0279. The lowest BCUT2D eigenvalue weighted by Crippen LogP contribution is -2.46. The number of carboxylic acids is 1. The van der Waals surface area contributed by atoms with Crippen molar-refractivity contribution < 1.29 is 14.7 Å². The summed E-state index contributed by atoms with van der Waals surface area (Å²) in [6, 6.07) is 7.28. The van der Waals surface area contributed by atoms with E-state index in [1.165, 1.54) is 0 Å². The molecule has 3 rings (SSSR count). The molecule has 1 aromatic rings. The van der Waals surface area contributed by atoms with Gasteiger partial charge in [-0.2, -0.15) is 0 Å². The Morgan fingerprint density at radius 2 is 2.05 bits per heavy atom. The molecule has 20 heavy (non-hydrogen) atoms. The molecule has 1 amide bonds. The van der Waals surface area contributed by atoms with Gasteiger partial charge < -0.3 is 10.0 Å². The van der Waals surface area contributed by atoms with Crippen molar-refractivity contribution in [2.45, 2.75) is 42.7 Å². The summed E-state index contributed by atoms with van der Waals surface area (Å²) in [7, 11) is 0. The molecule has 2 aliphatic rings. The number of aliphatic carboxylic acids is 1. The number of hydrogen-bond acceptors (Lipinski definition) is 3. The number of benzene rings is 1. The monoisotopic (exact) mass is 291 g/mol. The smallest absolute Gasteiger partial charge is 0.326 e. The maximum atomic E-state index is 12.8. The van der Waals surface area contributed by atoms with E-state index in [2.05, 4.69) is 0 Å². The number of carbonyl (C=O) groups is 2. The summed E-state index contributed by atoms with van der Waals surface area (Å²) < 4.78 is 0. The topological polar surface area (TPSA) is 57.6 Å². The van der Waals surface area contributed by atoms with Crippen molar-refractivity contribution in [1.82, 2.24) is 4.90 Å². The van der Waals surface area contributed by atoms with Gasteiger partial charge in [-0.05, 0) is 31.4 Å². The zero-order chi connectivity index (χ0) is 14.3. The van der Waals surface area contributed by atoms with E-state index in [4.69, 9.17) is 0 Å². The van der Waals surface area contributed by atoms with E-state index < -0.39 is 12.0 Å². The van der Waals surface area contributed by atoms with Crippen molar-refractivity contribution in [1.29, 1.82) is 0 Å². The molecule has 1 N–H and O–H groups in total. The molecule has 1 saturated carbocycles. The van der Waals surface area contributed by atoms with Crippen molar-refractivity contribution in [3.05, 3.63) is 29.8 Å². The van der Waals surface area contributed by atoms with E-state index in [1.807, 2.05) is 24.3 Å². The zero-order valence-electron chi connectivity index (χ0n) is 11.3. The van der Waals surface area contributed by atoms with Gasteiger partial charge in [0.2, 0.25) is 5.91 Å². The lowest BCUT2D eigenvalue weighted by Gasteiger charge is -2.29. The maximum absolute atomic E-state index is 12.8. The Hall–Kier alpha value is -1.49. The lowest BCUT2D eigenvalue weighted by atomic mass is 9.99. The van der Waals surface area contributed by atoms with Crippen molar-refractivity contribution in [2.24, 2.45) is 0 Å². The Kier molecular flexibility index (Phi) is 3.46. The maximum Gasteiger partial charge on any atom is 0.326 e. The van der Waals surface area contributed by atoms with Crippen LogP contribution in [0.15, 0.2) is 29.2 Å². The highest BCUT2D eigenvalue weighted by Gasteiger charge is 2.42. The fourth-order valence-electron chi connectivity index (χ4n) is 2.71. The number of carboxylic acid groups (broad SMARTS) is 1. The largest absolute Gasteiger partial charge is 0.480 e. The van der Waals surface area contributed by atoms with E-state index in [0.717, 1.165) is 23.3 Å². The predicted octanol–water partition coefficient (Wildman–Crippen LogP) is 2.34. The summed E-state index contributed by atoms with van der Waals surface area (Å²) in [5, 5.41) is 9.22. The van der Waals surface area contributed by atoms with Gasteiger partial charge >= 0.3 is 5.97 Å². The van der Waals surface area contributed by atoms with Crippen LogP contribution in [-0.4, -0.2) is 39.7 Å². The van der Waals surface area contributed by atoms with Crippen LogP contribution in [-0.2, 0) is 9.59 Å². The molecule has 1 heterocycles. The standard InChI is InChI=1S/C15H17NO3S/c1-9(15(18)19)16(10-6-7-10)14(17)12-8-20-13-5-3-2-4-11(12)13/h2-5,9-10,12H,6-8H2,1H3,(H,18,19). The number of fused-ring (bicyclic) bond motifs is 1. The van der Waals surface area contributed by atoms with Crippen LogP contribution >= 0.6 is 11.8 Å². The summed E-state index contributed by atoms with van der Waals surface area (Å²) in [5.41, 5.74) is 1.05. The minimum Gasteiger partial charge on any atom is -0.480 e. The second-order valence-corrected chi connectivity index (χ2v) is 6.45. The molecule has 106 valence electrons. The average Bonchev–Trinajstić information content (AvgIpc) is 3.17. The molecule has 5 heteroatoms. The first-order valence-electron chi connectivity index (χ1n) is 6.86. The van der Waals surface area contributed by atoms with E-state index >= 15 is 0 Å². The Labute approximate surface area is 122 Å². The molecule has 0 aromatic heterocycles. The summed E-state index contributed by atoms with van der Waals surface area (Å²) in [6.07, 6.45) is 1.84. The molecule has 2 unspecified atom stereocenters. The number of amides is 1. The van der Waals surface area contributed by atoms with Gasteiger partial charge in [-0.25, -0.2) is 4.79 Å². The number of nitrogens with zero attached hydrogens (tertiary/aromatic N) is 1. The quantitative estimate of drug-likeness (QED) is 0.925. The highest BCUT2D eigenvalue weighted by molar-refractivity contribution is 7.99. The van der Waals surface area contributed by atoms with Crippen molar-refractivity contribution in [3.8, 4) is 0 Å². The summed E-state index contributed by atoms with van der Waals surface area (Å²) in [4.78, 5) is 26.8. The van der Waals surface area contributed by atoms with Gasteiger partial charge in [-0.1, -0.05) is 18.2 Å². The molecule has 1 aliphatic carbocycles. The van der Waals surface area contributed by atoms with Crippen molar-refractivity contribution >= 4 is 23.6 Å². The molecular weight excluding hydrogens is 274 g/mol. The van der Waals surface area contributed by atoms with Crippen LogP contribution in [0.3, 0.4) is 0 Å². The van der Waals surface area contributed by atoms with Gasteiger partial charge in [0.1, 0.15) is 6.04 Å². The highest BCUT2D eigenvalue weighted by atomic mass is 32.2. The molecule has 1 aromatic carbocycles. The van der Waals surface area contributed by atoms with Gasteiger partial charge in [0.25, 0.3) is 0 Å². The third-order valence-corrected chi connectivity index (χ3v) is 5.15. The molecule has 0 radical (unpaired) electrons. The summed E-state index contributed by atoms with van der Waals surface area (Å²) in [5.74, 6) is -0.434. The Morgan fingerprint density at radius 3 is 2.70 bits per heavy atom. The predicted molar refractivity (Wildman–Crippen MR) is 76.9 cm³/mol. The number of rotatable bonds is 4. The van der Waals surface area contributed by atoms with Crippen LogP contribution in [0.5, 0.6) is 0 Å². The Morgan fingerprint density at radius 1 is 1.35 bits per heavy atom. The zero-order valence-corrected chi connectivity index (χ0v) is 12.1. The van der Waals surface area contributed by atoms with Crippen LogP contribution in [0.1, 0.15) is 31.2 Å². The second-order valence-electron chi connectivity index (χ2n) is 5.39. The summed E-state index contributed by atoms with van der Waals surface area (Å²) in [6.45, 7) is 1.60. The molecule has 0 bridgehead atoms. The SMILES string of the molecule is CC(C(=O)O)N(C(=O)C1CSc2ccccc21)C1CC1. The lowest BCUT2D eigenvalue weighted by molar-refractivity contribution is -0.150. The van der Waals surface area contributed by atoms with Crippen molar-refractivity contribution in [2.75, 3.05) is 5.75 Å². The fraction of sp³-hybridized carbons (Fsp3) is 0.467. The van der Waals surface area contributed by atoms with Gasteiger partial charge in [-0.3, -0.25) is 4.79 Å². The molecule has 2 atom stereocenters. The first-order valence-corrected chi connectivity index (χ1v) is 7.85. The third-order valence-electron chi connectivity index (χ3n) is 3.97. The van der Waals surface area contributed by atoms with Crippen molar-refractivity contribution in [3.63, 3.8) is 0 Å². The number of hydrogen-bond donors (Lipinski definition) is 1. The van der Waals surface area contributed by atoms with Gasteiger partial charge in [0, 0.05) is 16.7 Å². The number of thioether (sulfide) groups is 1. The first-order chi connectivity index (χ1) is 9.59. The van der Waals surface area contributed by atoms with E-state index in [0.29, 0.717) is 5.75 Å². The van der Waals surface area contributed by atoms with Crippen LogP contribution in [0.2, 0.25) is 0 Å². The molecule has 1 fully saturated rings. The average molecular weight is 291 g/mol. The molecular formula is C15H17NO3S. The van der Waals surface area contributed by atoms with Crippen LogP contribution in [0, 0.1) is 0 Å². The van der Waals surface area contributed by atoms with E-state index in [9.17, 15) is 14.7 Å². The normalized spacial score (nSPS) is 22.1. The fourth-order valence-corrected chi connectivity index (χ4v) is 3.93. The molecule has 0 saturated heterocycles. The first kappa shape index (κ1) is 13.5. The highest BCUT2D eigenvalue weighted by Crippen LogP contribution is 2.42. The van der Waals surface area contributed by atoms with Gasteiger partial charge in [0.05, 0.1) is 5.92 Å². The van der Waals surface area contributed by atoms with E-state index in [1.54, 1.807) is 23.6 Å². The van der Waals surface area contributed by atoms with E-state index in [-0.39, 0.29) is 17.9 Å². The molecule has 1 aliphatic heterocycles. The second kappa shape index (κ2) is 5.13. The van der Waals surface area contributed by atoms with Gasteiger partial charge in [0.15, 0.2) is 0 Å². The van der Waals surface area contributed by atoms with Crippen LogP contribution < -0.4 is 0 Å². The summed E-state index contributed by atoms with van der Waals surface area (Å²) >= 11 is 1.68. The Bertz CT molecular complexity index is 556. The molecule has 0 spiro atoms. The molecule has 4 nitrogen and oxygen atoms in total.